The van der Waals surface area contributed by atoms with Crippen LogP contribution >= 0.6 is 23.4 Å². The van der Waals surface area contributed by atoms with Crippen LogP contribution in [0.15, 0.2) is 78.9 Å². The van der Waals surface area contributed by atoms with Gasteiger partial charge in [0, 0.05) is 49.2 Å². The van der Waals surface area contributed by atoms with E-state index >= 15 is 0 Å². The fraction of sp³-hybridized carbons (Fsp3) is 0.286. The van der Waals surface area contributed by atoms with Crippen LogP contribution in [-0.4, -0.2) is 65.5 Å². The number of aliphatic carboxylic acids is 2. The van der Waals surface area contributed by atoms with Crippen molar-refractivity contribution in [2.45, 2.75) is 12.2 Å². The van der Waals surface area contributed by atoms with E-state index in [1.807, 2.05) is 23.9 Å². The molecule has 3 aromatic rings. The number of hydrogen-bond donors (Lipinski definition) is 2. The topological polar surface area (TPSA) is 81.1 Å². The van der Waals surface area contributed by atoms with Crippen molar-refractivity contribution in [2.75, 3.05) is 43.4 Å². The molecular formula is C28H31ClN2O4S. The summed E-state index contributed by atoms with van der Waals surface area (Å²) >= 11 is 8.15. The Labute approximate surface area is 221 Å². The molecule has 0 spiro atoms. The molecule has 4 rings (SSSR count). The Kier molecular flexibility index (Phi) is 10.7. The Morgan fingerprint density at radius 2 is 1.39 bits per heavy atom. The summed E-state index contributed by atoms with van der Waals surface area (Å²) in [5.74, 6) is -2.53. The predicted octanol–water partition coefficient (Wildman–Crippen LogP) is 5.45. The molecule has 0 aromatic heterocycles. The first-order valence-electron chi connectivity index (χ1n) is 11.8. The molecule has 0 bridgehead atoms. The summed E-state index contributed by atoms with van der Waals surface area (Å²) in [5.41, 5.74) is 5.43. The first kappa shape index (κ1) is 27.6. The number of aryl methyl sites for hydroxylation is 1. The van der Waals surface area contributed by atoms with Crippen LogP contribution in [0, 0.1) is 6.92 Å². The Balaban J connectivity index is 0.000000538. The fourth-order valence-corrected chi connectivity index (χ4v) is 5.51. The third-order valence-corrected chi connectivity index (χ3v) is 7.53. The summed E-state index contributed by atoms with van der Waals surface area (Å²) in [7, 11) is 0. The molecule has 1 atom stereocenters. The highest BCUT2D eigenvalue weighted by Gasteiger charge is 2.19. The van der Waals surface area contributed by atoms with Crippen LogP contribution < -0.4 is 4.90 Å². The predicted molar refractivity (Wildman–Crippen MR) is 147 cm³/mol. The standard InChI is InChI=1S/C26H29ClN2S.C2H2O4/c1-21-7-5-6-10-25(21)29-17-15-28(16-18-29)19-20-30-26(22-8-3-2-4-9-22)23-11-13-24(27)14-12-23;3-1(4)2(5)6/h2-14,26H,15-20H2,1H3;(H,3,4)(H,5,6). The van der Waals surface area contributed by atoms with Crippen LogP contribution in [0.5, 0.6) is 0 Å². The van der Waals surface area contributed by atoms with Gasteiger partial charge in [-0.25, -0.2) is 9.59 Å². The minimum absolute atomic E-state index is 0.344. The maximum Gasteiger partial charge on any atom is 0.414 e. The highest BCUT2D eigenvalue weighted by molar-refractivity contribution is 7.99. The quantitative estimate of drug-likeness (QED) is 0.396. The van der Waals surface area contributed by atoms with Crippen molar-refractivity contribution < 1.29 is 19.8 Å². The van der Waals surface area contributed by atoms with Gasteiger partial charge in [-0.05, 0) is 41.8 Å². The van der Waals surface area contributed by atoms with E-state index in [2.05, 4.69) is 83.5 Å². The maximum atomic E-state index is 9.10. The molecule has 1 fully saturated rings. The molecule has 0 aliphatic carbocycles. The number of nitrogens with zero attached hydrogens (tertiary/aromatic N) is 2. The minimum atomic E-state index is -1.82. The number of benzene rings is 3. The number of rotatable bonds is 7. The number of anilines is 1. The summed E-state index contributed by atoms with van der Waals surface area (Å²) in [6.07, 6.45) is 0. The summed E-state index contributed by atoms with van der Waals surface area (Å²) in [4.78, 5) is 23.3. The van der Waals surface area contributed by atoms with Gasteiger partial charge < -0.3 is 15.1 Å². The second-order valence-electron chi connectivity index (χ2n) is 8.44. The van der Waals surface area contributed by atoms with E-state index in [0.717, 1.165) is 43.5 Å². The molecule has 3 aromatic carbocycles. The van der Waals surface area contributed by atoms with Crippen molar-refractivity contribution in [1.29, 1.82) is 0 Å². The van der Waals surface area contributed by atoms with Crippen molar-refractivity contribution in [2.24, 2.45) is 0 Å². The third kappa shape index (κ3) is 8.29. The van der Waals surface area contributed by atoms with E-state index in [4.69, 9.17) is 31.4 Å². The Hall–Kier alpha value is -3.00. The Morgan fingerprint density at radius 3 is 1.97 bits per heavy atom. The van der Waals surface area contributed by atoms with Gasteiger partial charge in [0.05, 0.1) is 5.25 Å². The second-order valence-corrected chi connectivity index (χ2v) is 10.1. The fourth-order valence-electron chi connectivity index (χ4n) is 4.08. The van der Waals surface area contributed by atoms with E-state index in [9.17, 15) is 0 Å². The lowest BCUT2D eigenvalue weighted by Gasteiger charge is -2.37. The number of carboxylic acids is 2. The molecule has 36 heavy (non-hydrogen) atoms. The van der Waals surface area contributed by atoms with Gasteiger partial charge >= 0.3 is 11.9 Å². The summed E-state index contributed by atoms with van der Waals surface area (Å²) in [6, 6.07) is 27.8. The number of para-hydroxylation sites is 1. The van der Waals surface area contributed by atoms with Gasteiger partial charge in [0.15, 0.2) is 0 Å². The molecule has 1 aliphatic heterocycles. The summed E-state index contributed by atoms with van der Waals surface area (Å²) in [6.45, 7) is 7.81. The molecular weight excluding hydrogens is 496 g/mol. The Morgan fingerprint density at radius 1 is 0.833 bits per heavy atom. The first-order valence-corrected chi connectivity index (χ1v) is 13.2. The number of hydrogen-bond acceptors (Lipinski definition) is 5. The van der Waals surface area contributed by atoms with Crippen LogP contribution in [0.25, 0.3) is 0 Å². The van der Waals surface area contributed by atoms with E-state index in [0.29, 0.717) is 5.25 Å². The Bertz CT molecular complexity index is 1110. The van der Waals surface area contributed by atoms with Gasteiger partial charge in [-0.15, -0.1) is 11.8 Å². The van der Waals surface area contributed by atoms with Crippen molar-refractivity contribution >= 4 is 41.0 Å². The molecule has 6 nitrogen and oxygen atoms in total. The molecule has 2 N–H and O–H groups in total. The largest absolute Gasteiger partial charge is 0.473 e. The van der Waals surface area contributed by atoms with Crippen LogP contribution in [0.1, 0.15) is 21.9 Å². The van der Waals surface area contributed by atoms with E-state index < -0.39 is 11.9 Å². The zero-order valence-corrected chi connectivity index (χ0v) is 21.8. The van der Waals surface area contributed by atoms with E-state index in [1.54, 1.807) is 0 Å². The van der Waals surface area contributed by atoms with Crippen LogP contribution in [0.3, 0.4) is 0 Å². The van der Waals surface area contributed by atoms with Crippen molar-refractivity contribution in [1.82, 2.24) is 4.90 Å². The molecule has 1 saturated heterocycles. The lowest BCUT2D eigenvalue weighted by molar-refractivity contribution is -0.159. The van der Waals surface area contributed by atoms with E-state index in [1.165, 1.54) is 22.4 Å². The SMILES string of the molecule is Cc1ccccc1N1CCN(CCSC(c2ccccc2)c2ccc(Cl)cc2)CC1.O=C(O)C(=O)O. The molecule has 0 radical (unpaired) electrons. The average Bonchev–Trinajstić information content (AvgIpc) is 2.89. The number of piperazine rings is 1. The van der Waals surface area contributed by atoms with Gasteiger partial charge in [-0.3, -0.25) is 4.90 Å². The highest BCUT2D eigenvalue weighted by atomic mass is 35.5. The van der Waals surface area contributed by atoms with E-state index in [-0.39, 0.29) is 0 Å². The monoisotopic (exact) mass is 526 g/mol. The lowest BCUT2D eigenvalue weighted by Crippen LogP contribution is -2.47. The first-order chi connectivity index (χ1) is 17.3. The van der Waals surface area contributed by atoms with Crippen molar-refractivity contribution in [3.63, 3.8) is 0 Å². The van der Waals surface area contributed by atoms with Gasteiger partial charge in [0.25, 0.3) is 0 Å². The molecule has 8 heteroatoms. The van der Waals surface area contributed by atoms with Gasteiger partial charge in [0.1, 0.15) is 0 Å². The number of halogens is 1. The zero-order valence-electron chi connectivity index (χ0n) is 20.2. The van der Waals surface area contributed by atoms with Crippen molar-refractivity contribution in [3.8, 4) is 0 Å². The summed E-state index contributed by atoms with van der Waals surface area (Å²) < 4.78 is 0. The molecule has 1 aliphatic rings. The number of carboxylic acid groups (broad SMARTS) is 2. The maximum absolute atomic E-state index is 9.10. The van der Waals surface area contributed by atoms with Crippen LogP contribution in [0.4, 0.5) is 5.69 Å². The summed E-state index contributed by atoms with van der Waals surface area (Å²) in [5, 5.41) is 15.9. The van der Waals surface area contributed by atoms with Crippen molar-refractivity contribution in [3.05, 3.63) is 101 Å². The molecule has 0 amide bonds. The number of thioether (sulfide) groups is 1. The normalized spacial score (nSPS) is 14.4. The highest BCUT2D eigenvalue weighted by Crippen LogP contribution is 2.36. The van der Waals surface area contributed by atoms with Gasteiger partial charge in [-0.1, -0.05) is 72.3 Å². The lowest BCUT2D eigenvalue weighted by atomic mass is 10.0. The number of carbonyl (C=O) groups is 2. The van der Waals surface area contributed by atoms with Crippen LogP contribution in [0.2, 0.25) is 5.02 Å². The van der Waals surface area contributed by atoms with Gasteiger partial charge in [0.2, 0.25) is 0 Å². The smallest absolute Gasteiger partial charge is 0.414 e. The minimum Gasteiger partial charge on any atom is -0.473 e. The zero-order chi connectivity index (χ0) is 25.9. The molecule has 1 unspecified atom stereocenters. The third-order valence-electron chi connectivity index (χ3n) is 5.98. The second kappa shape index (κ2) is 13.9. The van der Waals surface area contributed by atoms with Gasteiger partial charge in [-0.2, -0.15) is 0 Å². The van der Waals surface area contributed by atoms with Crippen LogP contribution in [-0.2, 0) is 9.59 Å². The molecule has 1 heterocycles. The molecule has 0 saturated carbocycles. The average molecular weight is 527 g/mol. The molecule has 190 valence electrons.